The van der Waals surface area contributed by atoms with Gasteiger partial charge in [-0.2, -0.15) is 0 Å². The van der Waals surface area contributed by atoms with Crippen LogP contribution in [0.3, 0.4) is 0 Å². The van der Waals surface area contributed by atoms with Crippen LogP contribution in [-0.4, -0.2) is 37.5 Å². The Bertz CT molecular complexity index is 291. The van der Waals surface area contributed by atoms with E-state index < -0.39 is 0 Å². The van der Waals surface area contributed by atoms with Gasteiger partial charge in [-0.05, 0) is 64.8 Å². The van der Waals surface area contributed by atoms with Crippen LogP contribution in [0.4, 0.5) is 0 Å². The smallest absolute Gasteiger partial charge is 0.0597 e. The van der Waals surface area contributed by atoms with Crippen molar-refractivity contribution in [3.63, 3.8) is 0 Å². The lowest BCUT2D eigenvalue weighted by Crippen LogP contribution is -2.42. The SMILES string of the molecule is CCCNC(CCCC1CCCO1)C1C(C)OC(C)C1C. The molecule has 1 N–H and O–H groups in total. The molecule has 0 aliphatic carbocycles. The highest BCUT2D eigenvalue weighted by molar-refractivity contribution is 4.91. The number of hydrogen-bond acceptors (Lipinski definition) is 3. The summed E-state index contributed by atoms with van der Waals surface area (Å²) >= 11 is 0. The van der Waals surface area contributed by atoms with Gasteiger partial charge in [0.15, 0.2) is 0 Å². The van der Waals surface area contributed by atoms with E-state index in [1.165, 1.54) is 38.5 Å². The molecule has 0 bridgehead atoms. The molecule has 0 aromatic rings. The van der Waals surface area contributed by atoms with Crippen molar-refractivity contribution in [1.29, 1.82) is 0 Å². The van der Waals surface area contributed by atoms with Gasteiger partial charge in [-0.3, -0.25) is 0 Å². The summed E-state index contributed by atoms with van der Waals surface area (Å²) < 4.78 is 11.8. The molecule has 3 heteroatoms. The maximum atomic E-state index is 6.06. The topological polar surface area (TPSA) is 30.5 Å². The molecule has 0 aromatic carbocycles. The second-order valence-electron chi connectivity index (χ2n) is 7.11. The molecule has 0 aromatic heterocycles. The Kier molecular flexibility index (Phi) is 6.97. The number of hydrogen-bond donors (Lipinski definition) is 1. The lowest BCUT2D eigenvalue weighted by Gasteiger charge is -2.30. The normalized spacial score (nSPS) is 38.0. The lowest BCUT2D eigenvalue weighted by molar-refractivity contribution is 0.0467. The van der Waals surface area contributed by atoms with E-state index in [2.05, 4.69) is 33.0 Å². The summed E-state index contributed by atoms with van der Waals surface area (Å²) in [6.45, 7) is 11.2. The van der Waals surface area contributed by atoms with Gasteiger partial charge in [0, 0.05) is 18.6 Å². The zero-order valence-corrected chi connectivity index (χ0v) is 14.4. The summed E-state index contributed by atoms with van der Waals surface area (Å²) in [6.07, 6.45) is 8.80. The van der Waals surface area contributed by atoms with Crippen LogP contribution in [0.1, 0.15) is 66.2 Å². The highest BCUT2D eigenvalue weighted by atomic mass is 16.5. The van der Waals surface area contributed by atoms with Gasteiger partial charge in [-0.15, -0.1) is 0 Å². The molecule has 2 fully saturated rings. The van der Waals surface area contributed by atoms with Crippen LogP contribution < -0.4 is 5.32 Å². The van der Waals surface area contributed by atoms with Crippen LogP contribution in [0.5, 0.6) is 0 Å². The first-order valence-corrected chi connectivity index (χ1v) is 9.14. The van der Waals surface area contributed by atoms with Gasteiger partial charge < -0.3 is 14.8 Å². The van der Waals surface area contributed by atoms with Crippen molar-refractivity contribution in [2.45, 2.75) is 90.6 Å². The van der Waals surface area contributed by atoms with Gasteiger partial charge in [0.1, 0.15) is 0 Å². The van der Waals surface area contributed by atoms with E-state index in [1.807, 2.05) is 0 Å². The van der Waals surface area contributed by atoms with Gasteiger partial charge in [-0.25, -0.2) is 0 Å². The molecular formula is C18H35NO2. The molecular weight excluding hydrogens is 262 g/mol. The van der Waals surface area contributed by atoms with E-state index in [9.17, 15) is 0 Å². The first-order chi connectivity index (χ1) is 10.1. The van der Waals surface area contributed by atoms with Crippen molar-refractivity contribution in [1.82, 2.24) is 5.32 Å². The van der Waals surface area contributed by atoms with Crippen molar-refractivity contribution in [2.75, 3.05) is 13.2 Å². The van der Waals surface area contributed by atoms with Crippen molar-refractivity contribution < 1.29 is 9.47 Å². The minimum Gasteiger partial charge on any atom is -0.378 e. The first kappa shape index (κ1) is 17.2. The Morgan fingerprint density at radius 1 is 1.19 bits per heavy atom. The molecule has 2 rings (SSSR count). The van der Waals surface area contributed by atoms with Gasteiger partial charge in [0.25, 0.3) is 0 Å². The van der Waals surface area contributed by atoms with Crippen LogP contribution in [0.15, 0.2) is 0 Å². The Labute approximate surface area is 131 Å². The third kappa shape index (κ3) is 4.67. The molecule has 21 heavy (non-hydrogen) atoms. The standard InChI is InChI=1S/C18H35NO2/c1-5-11-19-17(10-6-8-16-9-7-12-20-16)18-13(2)14(3)21-15(18)4/h13-19H,5-12H2,1-4H3. The lowest BCUT2D eigenvalue weighted by atomic mass is 9.81. The second kappa shape index (κ2) is 8.50. The van der Waals surface area contributed by atoms with Crippen LogP contribution in [0, 0.1) is 11.8 Å². The Morgan fingerprint density at radius 2 is 2.00 bits per heavy atom. The number of nitrogens with one attached hydrogen (secondary N) is 1. The van der Waals surface area contributed by atoms with E-state index in [0.29, 0.717) is 36.2 Å². The zero-order valence-electron chi connectivity index (χ0n) is 14.4. The summed E-state index contributed by atoms with van der Waals surface area (Å²) in [5.41, 5.74) is 0. The van der Waals surface area contributed by atoms with E-state index in [-0.39, 0.29) is 0 Å². The summed E-state index contributed by atoms with van der Waals surface area (Å²) in [5, 5.41) is 3.80. The molecule has 3 nitrogen and oxygen atoms in total. The Hall–Kier alpha value is -0.120. The molecule has 2 aliphatic heterocycles. The average Bonchev–Trinajstić information content (AvgIpc) is 3.04. The molecule has 0 spiro atoms. The molecule has 2 saturated heterocycles. The van der Waals surface area contributed by atoms with E-state index in [0.717, 1.165) is 13.2 Å². The Morgan fingerprint density at radius 3 is 2.57 bits per heavy atom. The highest BCUT2D eigenvalue weighted by Crippen LogP contribution is 2.36. The highest BCUT2D eigenvalue weighted by Gasteiger charge is 2.41. The first-order valence-electron chi connectivity index (χ1n) is 9.14. The monoisotopic (exact) mass is 297 g/mol. The fourth-order valence-corrected chi connectivity index (χ4v) is 4.19. The summed E-state index contributed by atoms with van der Waals surface area (Å²) in [6, 6.07) is 0.598. The molecule has 0 radical (unpaired) electrons. The summed E-state index contributed by atoms with van der Waals surface area (Å²) in [7, 11) is 0. The molecule has 0 saturated carbocycles. The van der Waals surface area contributed by atoms with Crippen LogP contribution >= 0.6 is 0 Å². The van der Waals surface area contributed by atoms with Crippen LogP contribution in [0.25, 0.3) is 0 Å². The maximum absolute atomic E-state index is 6.06. The van der Waals surface area contributed by atoms with Crippen molar-refractivity contribution in [2.24, 2.45) is 11.8 Å². The van der Waals surface area contributed by atoms with Crippen molar-refractivity contribution in [3.8, 4) is 0 Å². The average molecular weight is 297 g/mol. The van der Waals surface area contributed by atoms with Crippen molar-refractivity contribution >= 4 is 0 Å². The zero-order chi connectivity index (χ0) is 15.2. The molecule has 6 unspecified atom stereocenters. The van der Waals surface area contributed by atoms with Crippen molar-refractivity contribution in [3.05, 3.63) is 0 Å². The van der Waals surface area contributed by atoms with Crippen LogP contribution in [0.2, 0.25) is 0 Å². The molecule has 124 valence electrons. The summed E-state index contributed by atoms with van der Waals surface area (Å²) in [4.78, 5) is 0. The van der Waals surface area contributed by atoms with E-state index in [1.54, 1.807) is 0 Å². The number of ether oxygens (including phenoxy) is 2. The van der Waals surface area contributed by atoms with E-state index >= 15 is 0 Å². The Balaban J connectivity index is 1.84. The minimum absolute atomic E-state index is 0.382. The predicted molar refractivity (Wildman–Crippen MR) is 87.6 cm³/mol. The third-order valence-electron chi connectivity index (χ3n) is 5.51. The van der Waals surface area contributed by atoms with Gasteiger partial charge in [0.05, 0.1) is 18.3 Å². The molecule has 2 heterocycles. The largest absolute Gasteiger partial charge is 0.378 e. The second-order valence-corrected chi connectivity index (χ2v) is 7.11. The summed E-state index contributed by atoms with van der Waals surface area (Å²) in [5.74, 6) is 1.30. The predicted octanol–water partition coefficient (Wildman–Crippen LogP) is 3.76. The fourth-order valence-electron chi connectivity index (χ4n) is 4.19. The van der Waals surface area contributed by atoms with E-state index in [4.69, 9.17) is 9.47 Å². The fraction of sp³-hybridized carbons (Fsp3) is 1.00. The molecule has 0 amide bonds. The molecule has 6 atom stereocenters. The van der Waals surface area contributed by atoms with Gasteiger partial charge in [0.2, 0.25) is 0 Å². The maximum Gasteiger partial charge on any atom is 0.0597 e. The minimum atomic E-state index is 0.382. The third-order valence-corrected chi connectivity index (χ3v) is 5.51. The van der Waals surface area contributed by atoms with Crippen LogP contribution in [-0.2, 0) is 9.47 Å². The number of rotatable bonds is 8. The van der Waals surface area contributed by atoms with Gasteiger partial charge in [-0.1, -0.05) is 13.8 Å². The quantitative estimate of drug-likeness (QED) is 0.740. The molecule has 2 aliphatic rings. The van der Waals surface area contributed by atoms with Gasteiger partial charge >= 0.3 is 0 Å².